The monoisotopic (exact) mass is 476 g/mol. The smallest absolute Gasteiger partial charge is 0.264 e. The molecular formula is C25H28N6O4. The van der Waals surface area contributed by atoms with Crippen molar-refractivity contribution in [2.24, 2.45) is 5.92 Å². The number of benzene rings is 1. The number of fused-ring (bicyclic) bond motifs is 4. The Kier molecular flexibility index (Phi) is 5.21. The Morgan fingerprint density at radius 3 is 2.71 bits per heavy atom. The molecule has 4 atom stereocenters. The first-order valence-electron chi connectivity index (χ1n) is 12.2. The Morgan fingerprint density at radius 1 is 1.11 bits per heavy atom. The number of aromatic nitrogens is 2. The van der Waals surface area contributed by atoms with E-state index in [1.165, 1.54) is 12.8 Å². The molecular weight excluding hydrogens is 448 g/mol. The number of amides is 4. The van der Waals surface area contributed by atoms with Crippen LogP contribution in [0.1, 0.15) is 64.4 Å². The fourth-order valence-electron chi connectivity index (χ4n) is 6.15. The van der Waals surface area contributed by atoms with E-state index < -0.39 is 23.8 Å². The van der Waals surface area contributed by atoms with Crippen LogP contribution in [-0.2, 0) is 16.1 Å². The molecule has 3 saturated heterocycles. The molecule has 5 aliphatic rings. The standard InChI is InChI=1S/C25H28N6O4/c1-29-13-15-5-6-16(29)9-20(15)30-12-14(11-27-30)10-26-18-4-2-3-17-22(18)25(35)31(24(17)34)19-7-8-21(32)28-23(19)33/h2-4,11-12,15-16,19-20,26H,5-10,13H2,1H3,(H,28,32,33). The van der Waals surface area contributed by atoms with Crippen molar-refractivity contribution in [3.05, 3.63) is 47.3 Å². The van der Waals surface area contributed by atoms with Gasteiger partial charge in [-0.1, -0.05) is 6.07 Å². The number of nitrogens with zero attached hydrogens (tertiary/aromatic N) is 4. The van der Waals surface area contributed by atoms with Crippen molar-refractivity contribution in [3.8, 4) is 0 Å². The fraction of sp³-hybridized carbons (Fsp3) is 0.480. The second kappa shape index (κ2) is 8.30. The summed E-state index contributed by atoms with van der Waals surface area (Å²) in [5.74, 6) is -1.40. The minimum absolute atomic E-state index is 0.0950. The summed E-state index contributed by atoms with van der Waals surface area (Å²) in [4.78, 5) is 53.6. The molecule has 182 valence electrons. The van der Waals surface area contributed by atoms with Crippen LogP contribution in [0.25, 0.3) is 0 Å². The molecule has 4 amide bonds. The van der Waals surface area contributed by atoms with Crippen LogP contribution in [0.15, 0.2) is 30.6 Å². The van der Waals surface area contributed by atoms with Gasteiger partial charge in [0.2, 0.25) is 11.8 Å². The van der Waals surface area contributed by atoms with Crippen molar-refractivity contribution in [3.63, 3.8) is 0 Å². The van der Waals surface area contributed by atoms with Gasteiger partial charge >= 0.3 is 0 Å². The molecule has 1 aromatic carbocycles. The van der Waals surface area contributed by atoms with E-state index in [0.717, 1.165) is 23.4 Å². The predicted molar refractivity (Wildman–Crippen MR) is 125 cm³/mol. The summed E-state index contributed by atoms with van der Waals surface area (Å²) < 4.78 is 2.09. The lowest BCUT2D eigenvalue weighted by Gasteiger charge is -2.48. The third kappa shape index (κ3) is 3.63. The highest BCUT2D eigenvalue weighted by atomic mass is 16.2. The summed E-state index contributed by atoms with van der Waals surface area (Å²) in [5, 5.41) is 10.2. The molecule has 35 heavy (non-hydrogen) atoms. The van der Waals surface area contributed by atoms with Crippen LogP contribution in [0.3, 0.4) is 0 Å². The molecule has 4 aliphatic heterocycles. The number of hydrogen-bond donors (Lipinski definition) is 2. The van der Waals surface area contributed by atoms with E-state index >= 15 is 0 Å². The lowest BCUT2D eigenvalue weighted by molar-refractivity contribution is -0.136. The fourth-order valence-corrected chi connectivity index (χ4v) is 6.15. The SMILES string of the molecule is CN1CC2CCC1CC2n1cc(CNc2cccc3c2C(=O)N(C2CCC(=O)NC2=O)C3=O)cn1. The molecule has 4 fully saturated rings. The van der Waals surface area contributed by atoms with Gasteiger partial charge in [0.05, 0.1) is 23.4 Å². The molecule has 7 rings (SSSR count). The van der Waals surface area contributed by atoms with E-state index in [0.29, 0.717) is 30.2 Å². The van der Waals surface area contributed by atoms with Crippen molar-refractivity contribution >= 4 is 29.3 Å². The number of hydrogen-bond acceptors (Lipinski definition) is 7. The lowest BCUT2D eigenvalue weighted by atomic mass is 9.76. The summed E-state index contributed by atoms with van der Waals surface area (Å²) >= 11 is 0. The van der Waals surface area contributed by atoms with Crippen molar-refractivity contribution < 1.29 is 19.2 Å². The molecule has 1 aliphatic carbocycles. The Hall–Kier alpha value is -3.53. The van der Waals surface area contributed by atoms with Gasteiger partial charge < -0.3 is 10.2 Å². The summed E-state index contributed by atoms with van der Waals surface area (Å²) in [6.07, 6.45) is 7.77. The molecule has 1 aromatic heterocycles. The molecule has 0 radical (unpaired) electrons. The second-order valence-electron chi connectivity index (χ2n) is 10.1. The highest BCUT2D eigenvalue weighted by Crippen LogP contribution is 2.41. The predicted octanol–water partition coefficient (Wildman–Crippen LogP) is 1.55. The van der Waals surface area contributed by atoms with E-state index in [2.05, 4.69) is 38.6 Å². The average molecular weight is 477 g/mol. The van der Waals surface area contributed by atoms with Gasteiger partial charge in [-0.25, -0.2) is 0 Å². The average Bonchev–Trinajstić information content (AvgIpc) is 3.42. The number of anilines is 1. The third-order valence-corrected chi connectivity index (χ3v) is 8.02. The maximum Gasteiger partial charge on any atom is 0.264 e. The Labute approximate surface area is 202 Å². The number of carbonyl (C=O) groups is 4. The zero-order valence-corrected chi connectivity index (χ0v) is 19.6. The summed E-state index contributed by atoms with van der Waals surface area (Å²) in [6, 6.07) is 5.15. The number of carbonyl (C=O) groups excluding carboxylic acids is 4. The molecule has 10 heteroatoms. The maximum atomic E-state index is 13.3. The molecule has 5 heterocycles. The first-order chi connectivity index (χ1) is 16.9. The van der Waals surface area contributed by atoms with Crippen molar-refractivity contribution in [1.82, 2.24) is 24.9 Å². The van der Waals surface area contributed by atoms with E-state index in [1.807, 2.05) is 6.20 Å². The minimum atomic E-state index is -0.976. The van der Waals surface area contributed by atoms with Crippen LogP contribution in [0, 0.1) is 5.92 Å². The lowest BCUT2D eigenvalue weighted by Crippen LogP contribution is -2.54. The van der Waals surface area contributed by atoms with Crippen LogP contribution in [0.5, 0.6) is 0 Å². The Balaban J connectivity index is 1.18. The summed E-state index contributed by atoms with van der Waals surface area (Å²) in [7, 11) is 2.21. The zero-order chi connectivity index (χ0) is 24.3. The van der Waals surface area contributed by atoms with Crippen LogP contribution < -0.4 is 10.6 Å². The maximum absolute atomic E-state index is 13.3. The van der Waals surface area contributed by atoms with E-state index in [4.69, 9.17) is 0 Å². The topological polar surface area (TPSA) is 117 Å². The van der Waals surface area contributed by atoms with Gasteiger partial charge in [-0.05, 0) is 50.8 Å². The number of nitrogens with one attached hydrogen (secondary N) is 2. The van der Waals surface area contributed by atoms with Crippen LogP contribution in [0.2, 0.25) is 0 Å². The van der Waals surface area contributed by atoms with Crippen molar-refractivity contribution in [2.75, 3.05) is 18.9 Å². The quantitative estimate of drug-likeness (QED) is 0.629. The van der Waals surface area contributed by atoms with E-state index in [-0.39, 0.29) is 29.9 Å². The summed E-state index contributed by atoms with van der Waals surface area (Å²) in [6.45, 7) is 1.57. The largest absolute Gasteiger partial charge is 0.380 e. The molecule has 2 bridgehead atoms. The highest BCUT2D eigenvalue weighted by molar-refractivity contribution is 6.25. The van der Waals surface area contributed by atoms with Gasteiger partial charge in [0.25, 0.3) is 11.8 Å². The van der Waals surface area contributed by atoms with E-state index in [1.54, 1.807) is 18.2 Å². The molecule has 10 nitrogen and oxygen atoms in total. The second-order valence-corrected chi connectivity index (χ2v) is 10.1. The zero-order valence-electron chi connectivity index (χ0n) is 19.6. The van der Waals surface area contributed by atoms with Gasteiger partial charge in [0.1, 0.15) is 6.04 Å². The minimum Gasteiger partial charge on any atom is -0.380 e. The first-order valence-corrected chi connectivity index (χ1v) is 12.2. The van der Waals surface area contributed by atoms with E-state index in [9.17, 15) is 19.2 Å². The Bertz CT molecular complexity index is 1240. The van der Waals surface area contributed by atoms with Gasteiger partial charge in [-0.2, -0.15) is 5.10 Å². The first kappa shape index (κ1) is 22.0. The van der Waals surface area contributed by atoms with Gasteiger partial charge in [-0.15, -0.1) is 0 Å². The molecule has 4 unspecified atom stereocenters. The number of rotatable bonds is 5. The van der Waals surface area contributed by atoms with Crippen LogP contribution >= 0.6 is 0 Å². The number of piperidine rings is 3. The van der Waals surface area contributed by atoms with Gasteiger partial charge in [0.15, 0.2) is 0 Å². The van der Waals surface area contributed by atoms with Gasteiger partial charge in [0, 0.05) is 43.0 Å². The highest BCUT2D eigenvalue weighted by Gasteiger charge is 2.45. The normalized spacial score (nSPS) is 28.4. The Morgan fingerprint density at radius 2 is 1.97 bits per heavy atom. The molecule has 2 N–H and O–H groups in total. The molecule has 1 saturated carbocycles. The van der Waals surface area contributed by atoms with Gasteiger partial charge in [-0.3, -0.25) is 34.1 Å². The van der Waals surface area contributed by atoms with Crippen molar-refractivity contribution in [1.29, 1.82) is 0 Å². The van der Waals surface area contributed by atoms with Crippen molar-refractivity contribution in [2.45, 2.75) is 56.8 Å². The molecule has 2 aromatic rings. The number of imide groups is 2. The molecule has 0 spiro atoms. The third-order valence-electron chi connectivity index (χ3n) is 8.02. The van der Waals surface area contributed by atoms with Crippen LogP contribution in [-0.4, -0.2) is 68.9 Å². The summed E-state index contributed by atoms with van der Waals surface area (Å²) in [5.41, 5.74) is 2.07. The van der Waals surface area contributed by atoms with Crippen LogP contribution in [0.4, 0.5) is 5.69 Å².